The SMILES string of the molecule is CNC(=O)c1ccc(-c2cc(OC)c(Nc3ncc(Cl)c(Nc4ccccc4C(N)=O)n3)cc2C(=O)NC2CCN(C)CC2)cc1. The van der Waals surface area contributed by atoms with Crippen molar-refractivity contribution in [1.29, 1.82) is 0 Å². The van der Waals surface area contributed by atoms with Crippen molar-refractivity contribution in [2.45, 2.75) is 18.9 Å². The number of amides is 3. The van der Waals surface area contributed by atoms with E-state index in [4.69, 9.17) is 22.1 Å². The average Bonchev–Trinajstić information content (AvgIpc) is 3.07. The lowest BCUT2D eigenvalue weighted by atomic mass is 9.96. The first-order valence-electron chi connectivity index (χ1n) is 14.7. The van der Waals surface area contributed by atoms with Crippen LogP contribution in [0, 0.1) is 0 Å². The molecule has 46 heavy (non-hydrogen) atoms. The summed E-state index contributed by atoms with van der Waals surface area (Å²) in [5.74, 6) is -0.239. The number of primary amides is 1. The number of halogens is 1. The molecule has 13 heteroatoms. The number of anilines is 4. The smallest absolute Gasteiger partial charge is 0.252 e. The van der Waals surface area contributed by atoms with Gasteiger partial charge >= 0.3 is 0 Å². The van der Waals surface area contributed by atoms with E-state index in [-0.39, 0.29) is 40.2 Å². The lowest BCUT2D eigenvalue weighted by Gasteiger charge is -2.29. The number of carbonyl (C=O) groups is 3. The van der Waals surface area contributed by atoms with E-state index in [1.54, 1.807) is 67.7 Å². The normalized spacial score (nSPS) is 13.5. The molecule has 0 unspecified atom stereocenters. The maximum Gasteiger partial charge on any atom is 0.252 e. The molecule has 1 aliphatic rings. The average molecular weight is 643 g/mol. The van der Waals surface area contributed by atoms with Gasteiger partial charge in [0.2, 0.25) is 5.95 Å². The Bertz CT molecular complexity index is 1760. The van der Waals surface area contributed by atoms with E-state index in [0.29, 0.717) is 33.8 Å². The first-order valence-corrected chi connectivity index (χ1v) is 15.0. The Hall–Kier alpha value is -5.20. The number of ether oxygens (including phenoxy) is 1. The molecule has 1 fully saturated rings. The second-order valence-corrected chi connectivity index (χ2v) is 11.3. The predicted molar refractivity (Wildman–Crippen MR) is 178 cm³/mol. The number of benzene rings is 3. The number of aromatic nitrogens is 2. The highest BCUT2D eigenvalue weighted by molar-refractivity contribution is 6.33. The van der Waals surface area contributed by atoms with E-state index >= 15 is 0 Å². The Morgan fingerprint density at radius 2 is 1.67 bits per heavy atom. The zero-order chi connectivity index (χ0) is 32.8. The minimum absolute atomic E-state index is 0.0298. The molecule has 3 amide bonds. The van der Waals surface area contributed by atoms with E-state index in [0.717, 1.165) is 31.5 Å². The van der Waals surface area contributed by atoms with Gasteiger partial charge in [0.25, 0.3) is 17.7 Å². The maximum atomic E-state index is 13.8. The van der Waals surface area contributed by atoms with Crippen molar-refractivity contribution < 1.29 is 19.1 Å². The number of nitrogens with one attached hydrogen (secondary N) is 4. The van der Waals surface area contributed by atoms with E-state index in [1.807, 2.05) is 0 Å². The van der Waals surface area contributed by atoms with Crippen LogP contribution in [0.4, 0.5) is 23.1 Å². The number of methoxy groups -OCH3 is 1. The minimum atomic E-state index is -0.606. The van der Waals surface area contributed by atoms with E-state index in [2.05, 4.69) is 43.2 Å². The van der Waals surface area contributed by atoms with Crippen LogP contribution in [0.25, 0.3) is 11.1 Å². The molecular weight excluding hydrogens is 608 g/mol. The summed E-state index contributed by atoms with van der Waals surface area (Å²) in [7, 11) is 5.16. The molecule has 0 aliphatic carbocycles. The molecular formula is C33H35ClN8O4. The summed E-state index contributed by atoms with van der Waals surface area (Å²) < 4.78 is 5.73. The standard InChI is InChI=1S/C33H35ClN8O4/c1-36-31(44)20-10-8-19(9-11-20)23-17-28(46-3)27(16-24(23)32(45)38-21-12-14-42(2)15-13-21)40-33-37-18-25(34)30(41-33)39-26-7-5-4-6-22(26)29(35)43/h4-11,16-18,21H,12-15H2,1-3H3,(H2,35,43)(H,36,44)(H,38,45)(H2,37,39,40,41). The van der Waals surface area contributed by atoms with Gasteiger partial charge in [-0.05, 0) is 80.5 Å². The van der Waals surface area contributed by atoms with Crippen molar-refractivity contribution in [3.05, 3.63) is 88.6 Å². The summed E-state index contributed by atoms with van der Waals surface area (Å²) in [6, 6.07) is 17.2. The van der Waals surface area contributed by atoms with Gasteiger partial charge in [0.15, 0.2) is 5.82 Å². The number of carbonyl (C=O) groups excluding carboxylic acids is 3. The molecule has 0 spiro atoms. The highest BCUT2D eigenvalue weighted by atomic mass is 35.5. The van der Waals surface area contributed by atoms with Crippen molar-refractivity contribution in [2.24, 2.45) is 5.73 Å². The molecule has 1 aliphatic heterocycles. The fraction of sp³-hybridized carbons (Fsp3) is 0.242. The zero-order valence-electron chi connectivity index (χ0n) is 25.7. The van der Waals surface area contributed by atoms with Gasteiger partial charge in [-0.1, -0.05) is 35.9 Å². The molecule has 0 bridgehead atoms. The van der Waals surface area contributed by atoms with Crippen molar-refractivity contribution in [2.75, 3.05) is 44.9 Å². The zero-order valence-corrected chi connectivity index (χ0v) is 26.4. The van der Waals surface area contributed by atoms with Crippen LogP contribution in [0.1, 0.15) is 43.9 Å². The third-order valence-electron chi connectivity index (χ3n) is 7.76. The number of likely N-dealkylation sites (tertiary alicyclic amines) is 1. The lowest BCUT2D eigenvalue weighted by Crippen LogP contribution is -2.43. The fourth-order valence-corrected chi connectivity index (χ4v) is 5.34. The van der Waals surface area contributed by atoms with E-state index < -0.39 is 5.91 Å². The predicted octanol–water partition coefficient (Wildman–Crippen LogP) is 4.58. The number of nitrogens with zero attached hydrogens (tertiary/aromatic N) is 3. The summed E-state index contributed by atoms with van der Waals surface area (Å²) in [4.78, 5) is 49.0. The topological polar surface area (TPSA) is 164 Å². The Labute approximate surface area is 271 Å². The highest BCUT2D eigenvalue weighted by Gasteiger charge is 2.23. The lowest BCUT2D eigenvalue weighted by molar-refractivity contribution is 0.0915. The van der Waals surface area contributed by atoms with Gasteiger partial charge in [0.05, 0.1) is 30.2 Å². The summed E-state index contributed by atoms with van der Waals surface area (Å²) in [5, 5.41) is 12.2. The van der Waals surface area contributed by atoms with Crippen molar-refractivity contribution in [1.82, 2.24) is 25.5 Å². The molecule has 0 saturated carbocycles. The first kappa shape index (κ1) is 32.2. The van der Waals surface area contributed by atoms with Crippen LogP contribution in [0.5, 0.6) is 5.75 Å². The summed E-state index contributed by atoms with van der Waals surface area (Å²) in [6.45, 7) is 1.78. The van der Waals surface area contributed by atoms with E-state index in [9.17, 15) is 14.4 Å². The number of hydrogen-bond acceptors (Lipinski definition) is 9. The Balaban J connectivity index is 1.51. The minimum Gasteiger partial charge on any atom is -0.495 e. The largest absolute Gasteiger partial charge is 0.495 e. The van der Waals surface area contributed by atoms with Crippen LogP contribution in [-0.2, 0) is 0 Å². The maximum absolute atomic E-state index is 13.8. The second-order valence-electron chi connectivity index (χ2n) is 10.9. The number of rotatable bonds is 10. The fourth-order valence-electron chi connectivity index (χ4n) is 5.20. The summed E-state index contributed by atoms with van der Waals surface area (Å²) in [5.41, 5.74) is 8.92. The van der Waals surface area contributed by atoms with E-state index in [1.165, 1.54) is 13.3 Å². The van der Waals surface area contributed by atoms with Crippen molar-refractivity contribution >= 4 is 52.5 Å². The first-order chi connectivity index (χ1) is 22.2. The summed E-state index contributed by atoms with van der Waals surface area (Å²) >= 11 is 6.40. The highest BCUT2D eigenvalue weighted by Crippen LogP contribution is 2.36. The van der Waals surface area contributed by atoms with Crippen LogP contribution in [0.3, 0.4) is 0 Å². The molecule has 1 saturated heterocycles. The molecule has 3 aromatic carbocycles. The van der Waals surface area contributed by atoms with Crippen molar-refractivity contribution in [3.8, 4) is 16.9 Å². The van der Waals surface area contributed by atoms with Crippen LogP contribution in [0.2, 0.25) is 5.02 Å². The molecule has 4 aromatic rings. The molecule has 238 valence electrons. The number of nitrogens with two attached hydrogens (primary N) is 1. The third-order valence-corrected chi connectivity index (χ3v) is 8.04. The van der Waals surface area contributed by atoms with Gasteiger partial charge in [-0.25, -0.2) is 4.98 Å². The molecule has 1 aromatic heterocycles. The van der Waals surface area contributed by atoms with Gasteiger partial charge in [0.1, 0.15) is 10.8 Å². The van der Waals surface area contributed by atoms with Gasteiger partial charge in [-0.3, -0.25) is 14.4 Å². The summed E-state index contributed by atoms with van der Waals surface area (Å²) in [6.07, 6.45) is 3.09. The van der Waals surface area contributed by atoms with Crippen LogP contribution in [0.15, 0.2) is 66.9 Å². The Kier molecular flexibility index (Phi) is 9.99. The molecule has 0 radical (unpaired) electrons. The molecule has 12 nitrogen and oxygen atoms in total. The van der Waals surface area contributed by atoms with Crippen molar-refractivity contribution in [3.63, 3.8) is 0 Å². The second kappa shape index (κ2) is 14.3. The van der Waals surface area contributed by atoms with Crippen LogP contribution in [-0.4, -0.2) is 72.9 Å². The molecule has 0 atom stereocenters. The molecule has 2 heterocycles. The molecule has 6 N–H and O–H groups in total. The van der Waals surface area contributed by atoms with Gasteiger partial charge in [-0.2, -0.15) is 4.98 Å². The van der Waals surface area contributed by atoms with Crippen LogP contribution < -0.4 is 31.7 Å². The number of piperidine rings is 1. The Morgan fingerprint density at radius 1 is 0.957 bits per heavy atom. The van der Waals surface area contributed by atoms with Crippen LogP contribution >= 0.6 is 11.6 Å². The van der Waals surface area contributed by atoms with Gasteiger partial charge in [-0.15, -0.1) is 0 Å². The van der Waals surface area contributed by atoms with Gasteiger partial charge in [0, 0.05) is 24.2 Å². The Morgan fingerprint density at radius 3 is 2.35 bits per heavy atom. The monoisotopic (exact) mass is 642 g/mol. The van der Waals surface area contributed by atoms with Gasteiger partial charge < -0.3 is 36.6 Å². The quantitative estimate of drug-likeness (QED) is 0.167. The number of para-hydroxylation sites is 1. The number of hydrogen-bond donors (Lipinski definition) is 5. The third kappa shape index (κ3) is 7.36. The molecule has 5 rings (SSSR count).